The third-order valence-electron chi connectivity index (χ3n) is 5.71. The summed E-state index contributed by atoms with van der Waals surface area (Å²) in [5.41, 5.74) is 9.43. The molecule has 0 radical (unpaired) electrons. The van der Waals surface area contributed by atoms with Crippen LogP contribution in [0.1, 0.15) is 21.3 Å². The lowest BCUT2D eigenvalue weighted by Crippen LogP contribution is -2.49. The summed E-state index contributed by atoms with van der Waals surface area (Å²) in [7, 11) is 1.82. The standard InChI is InChI=1S/C24H20F3N7OS/c1-33-11-17(9-30-33)16-8-29-22-18(10-31-34(22)12-16)15-7-19(36-13-15)23(35)32-20(21(28)24(25,26)27)14-5-3-2-4-6-14/h2-13,20-21H,28H2,1H3,(H,32,35)/t20-,21+/m0/s1. The third-order valence-corrected chi connectivity index (χ3v) is 6.64. The van der Waals surface area contributed by atoms with E-state index in [2.05, 4.69) is 20.5 Å². The monoisotopic (exact) mass is 511 g/mol. The van der Waals surface area contributed by atoms with Gasteiger partial charge in [0.05, 0.1) is 23.3 Å². The molecule has 0 fully saturated rings. The number of benzene rings is 1. The summed E-state index contributed by atoms with van der Waals surface area (Å²) in [6.07, 6.45) is 4.07. The Balaban J connectivity index is 1.40. The van der Waals surface area contributed by atoms with Crippen molar-refractivity contribution in [2.45, 2.75) is 18.3 Å². The predicted octanol–water partition coefficient (Wildman–Crippen LogP) is 4.22. The van der Waals surface area contributed by atoms with Crippen LogP contribution in [0, 0.1) is 0 Å². The van der Waals surface area contributed by atoms with Crippen LogP contribution in [0.25, 0.3) is 27.9 Å². The summed E-state index contributed by atoms with van der Waals surface area (Å²) in [4.78, 5) is 17.7. The number of nitrogens with zero attached hydrogens (tertiary/aromatic N) is 5. The van der Waals surface area contributed by atoms with Gasteiger partial charge in [-0.2, -0.15) is 23.4 Å². The molecule has 4 heterocycles. The lowest BCUT2D eigenvalue weighted by Gasteiger charge is -2.27. The maximum absolute atomic E-state index is 13.4. The molecule has 4 aromatic heterocycles. The van der Waals surface area contributed by atoms with E-state index in [-0.39, 0.29) is 10.4 Å². The molecule has 0 saturated carbocycles. The van der Waals surface area contributed by atoms with Crippen LogP contribution in [0.5, 0.6) is 0 Å². The Bertz CT molecular complexity index is 1520. The first-order valence-corrected chi connectivity index (χ1v) is 11.7. The quantitative estimate of drug-likeness (QED) is 0.355. The van der Waals surface area contributed by atoms with Crippen LogP contribution in [-0.4, -0.2) is 42.5 Å². The fourth-order valence-corrected chi connectivity index (χ4v) is 4.65. The van der Waals surface area contributed by atoms with Crippen molar-refractivity contribution in [1.82, 2.24) is 29.7 Å². The highest BCUT2D eigenvalue weighted by atomic mass is 32.1. The molecule has 0 unspecified atom stereocenters. The number of hydrogen-bond acceptors (Lipinski definition) is 6. The lowest BCUT2D eigenvalue weighted by atomic mass is 9.99. The van der Waals surface area contributed by atoms with Gasteiger partial charge in [0, 0.05) is 42.3 Å². The van der Waals surface area contributed by atoms with Gasteiger partial charge in [0.2, 0.25) is 0 Å². The average molecular weight is 512 g/mol. The lowest BCUT2D eigenvalue weighted by molar-refractivity contribution is -0.153. The number of thiophene rings is 1. The highest BCUT2D eigenvalue weighted by Gasteiger charge is 2.43. The van der Waals surface area contributed by atoms with Gasteiger partial charge in [-0.15, -0.1) is 11.3 Å². The zero-order chi connectivity index (χ0) is 25.4. The van der Waals surface area contributed by atoms with Gasteiger partial charge in [-0.05, 0) is 22.6 Å². The van der Waals surface area contributed by atoms with E-state index >= 15 is 0 Å². The van der Waals surface area contributed by atoms with E-state index in [1.54, 1.807) is 57.4 Å². The molecule has 5 rings (SSSR count). The number of nitrogens with one attached hydrogen (secondary N) is 1. The van der Waals surface area contributed by atoms with Crippen molar-refractivity contribution >= 4 is 22.9 Å². The van der Waals surface area contributed by atoms with Crippen LogP contribution in [0.3, 0.4) is 0 Å². The molecule has 8 nitrogen and oxygen atoms in total. The Morgan fingerprint density at radius 1 is 1.06 bits per heavy atom. The second kappa shape index (κ2) is 9.21. The number of nitrogens with two attached hydrogens (primary N) is 1. The fourth-order valence-electron chi connectivity index (χ4n) is 3.84. The number of aryl methyl sites for hydroxylation is 1. The molecule has 3 N–H and O–H groups in total. The van der Waals surface area contributed by atoms with Gasteiger partial charge < -0.3 is 11.1 Å². The summed E-state index contributed by atoms with van der Waals surface area (Å²) in [5.74, 6) is -0.650. The van der Waals surface area contributed by atoms with E-state index in [1.807, 2.05) is 19.4 Å². The summed E-state index contributed by atoms with van der Waals surface area (Å²) in [5, 5.41) is 12.7. The van der Waals surface area contributed by atoms with Gasteiger partial charge in [-0.25, -0.2) is 9.50 Å². The molecule has 0 aliphatic rings. The summed E-state index contributed by atoms with van der Waals surface area (Å²) >= 11 is 1.11. The van der Waals surface area contributed by atoms with Gasteiger partial charge in [-0.3, -0.25) is 9.48 Å². The molecule has 0 spiro atoms. The number of fused-ring (bicyclic) bond motifs is 1. The second-order valence-corrected chi connectivity index (χ2v) is 9.11. The Morgan fingerprint density at radius 2 is 1.81 bits per heavy atom. The van der Waals surface area contributed by atoms with Crippen LogP contribution in [0.15, 0.2) is 72.8 Å². The Morgan fingerprint density at radius 3 is 2.50 bits per heavy atom. The van der Waals surface area contributed by atoms with E-state index in [0.29, 0.717) is 16.8 Å². The minimum atomic E-state index is -4.69. The molecule has 5 aromatic rings. The number of halogens is 3. The smallest absolute Gasteiger partial charge is 0.343 e. The Hall–Kier alpha value is -4.03. The highest BCUT2D eigenvalue weighted by molar-refractivity contribution is 7.12. The average Bonchev–Trinajstić information content (AvgIpc) is 3.61. The summed E-state index contributed by atoms with van der Waals surface area (Å²) < 4.78 is 43.6. The van der Waals surface area contributed by atoms with Gasteiger partial charge in [0.25, 0.3) is 5.91 Å². The van der Waals surface area contributed by atoms with E-state index in [9.17, 15) is 18.0 Å². The number of carbonyl (C=O) groups excluding carboxylic acids is 1. The van der Waals surface area contributed by atoms with Crippen LogP contribution in [-0.2, 0) is 7.05 Å². The molecule has 0 aliphatic carbocycles. The topological polar surface area (TPSA) is 103 Å². The van der Waals surface area contributed by atoms with Crippen LogP contribution < -0.4 is 11.1 Å². The molecule has 2 atom stereocenters. The van der Waals surface area contributed by atoms with Crippen molar-refractivity contribution in [3.05, 3.63) is 83.2 Å². The molecule has 184 valence electrons. The first kappa shape index (κ1) is 23.7. The number of hydrogen-bond donors (Lipinski definition) is 2. The van der Waals surface area contributed by atoms with Crippen molar-refractivity contribution in [1.29, 1.82) is 0 Å². The molecule has 0 saturated heterocycles. The van der Waals surface area contributed by atoms with Crippen LogP contribution >= 0.6 is 11.3 Å². The minimum Gasteiger partial charge on any atom is -0.343 e. The van der Waals surface area contributed by atoms with Crippen LogP contribution in [0.4, 0.5) is 13.2 Å². The first-order valence-electron chi connectivity index (χ1n) is 10.8. The van der Waals surface area contributed by atoms with Crippen molar-refractivity contribution in [2.75, 3.05) is 0 Å². The largest absolute Gasteiger partial charge is 0.405 e. The summed E-state index contributed by atoms with van der Waals surface area (Å²) in [6, 6.07) is 5.78. The fraction of sp³-hybridized carbons (Fsp3) is 0.167. The molecular formula is C24H20F3N7OS. The van der Waals surface area contributed by atoms with Crippen molar-refractivity contribution in [3.8, 4) is 22.3 Å². The van der Waals surface area contributed by atoms with Crippen molar-refractivity contribution in [3.63, 3.8) is 0 Å². The van der Waals surface area contributed by atoms with Gasteiger partial charge in [-0.1, -0.05) is 30.3 Å². The third kappa shape index (κ3) is 4.60. The zero-order valence-electron chi connectivity index (χ0n) is 18.8. The van der Waals surface area contributed by atoms with Gasteiger partial charge in [0.1, 0.15) is 6.04 Å². The normalized spacial score (nSPS) is 13.6. The molecule has 36 heavy (non-hydrogen) atoms. The number of amides is 1. The second-order valence-electron chi connectivity index (χ2n) is 8.20. The number of carbonyl (C=O) groups is 1. The maximum Gasteiger partial charge on any atom is 0.405 e. The molecule has 0 aliphatic heterocycles. The maximum atomic E-state index is 13.4. The first-order chi connectivity index (χ1) is 17.2. The van der Waals surface area contributed by atoms with Crippen molar-refractivity contribution in [2.24, 2.45) is 12.8 Å². The van der Waals surface area contributed by atoms with Crippen molar-refractivity contribution < 1.29 is 18.0 Å². The van der Waals surface area contributed by atoms with E-state index in [1.165, 1.54) is 12.1 Å². The SMILES string of the molecule is Cn1cc(-c2cnc3c(-c4csc(C(=O)N[C@@H](c5ccccc5)[C@@H](N)C(F)(F)F)c4)cnn3c2)cn1. The number of rotatable bonds is 6. The highest BCUT2D eigenvalue weighted by Crippen LogP contribution is 2.32. The molecule has 1 aromatic carbocycles. The van der Waals surface area contributed by atoms with Gasteiger partial charge >= 0.3 is 6.18 Å². The van der Waals surface area contributed by atoms with E-state index in [4.69, 9.17) is 5.73 Å². The minimum absolute atomic E-state index is 0.242. The predicted molar refractivity (Wildman–Crippen MR) is 129 cm³/mol. The Kier molecular flexibility index (Phi) is 6.06. The molecule has 0 bridgehead atoms. The van der Waals surface area contributed by atoms with Gasteiger partial charge in [0.15, 0.2) is 5.65 Å². The molecule has 1 amide bonds. The molecule has 12 heteroatoms. The Labute approximate surface area is 207 Å². The van der Waals surface area contributed by atoms with E-state index in [0.717, 1.165) is 22.5 Å². The summed E-state index contributed by atoms with van der Waals surface area (Å²) in [6.45, 7) is 0. The molecular weight excluding hydrogens is 491 g/mol. The number of aromatic nitrogens is 5. The number of alkyl halides is 3. The zero-order valence-corrected chi connectivity index (χ0v) is 19.7. The van der Waals surface area contributed by atoms with E-state index < -0.39 is 24.2 Å². The van der Waals surface area contributed by atoms with Crippen LogP contribution in [0.2, 0.25) is 0 Å².